The van der Waals surface area contributed by atoms with Crippen molar-refractivity contribution in [1.82, 2.24) is 0 Å². The summed E-state index contributed by atoms with van der Waals surface area (Å²) in [5, 5.41) is 0. The molecule has 0 N–H and O–H groups in total. The van der Waals surface area contributed by atoms with Gasteiger partial charge in [-0.2, -0.15) is 0 Å². The maximum atomic E-state index is 9.75. The Morgan fingerprint density at radius 1 is 0.857 bits per heavy atom. The average Bonchev–Trinajstić information content (AvgIpc) is 0.918. The molecule has 7 heavy (non-hydrogen) atoms. The maximum absolute atomic E-state index is 9.75. The van der Waals surface area contributed by atoms with Crippen molar-refractivity contribution in [3.8, 4) is 0 Å². The second-order valence-electron chi connectivity index (χ2n) is 0.0714. The third kappa shape index (κ3) is 122. The van der Waals surface area contributed by atoms with Crippen LogP contribution in [0.2, 0.25) is 0 Å². The van der Waals surface area contributed by atoms with E-state index in [1.54, 1.807) is 0 Å². The van der Waals surface area contributed by atoms with Crippen molar-refractivity contribution in [1.29, 1.82) is 0 Å². The molecule has 0 aromatic carbocycles. The van der Waals surface area contributed by atoms with Crippen molar-refractivity contribution in [3.05, 3.63) is 0 Å². The van der Waals surface area contributed by atoms with Crippen molar-refractivity contribution in [3.63, 3.8) is 0 Å². The first-order valence-electron chi connectivity index (χ1n) is 0.378. The van der Waals surface area contributed by atoms with Crippen LogP contribution in [0.5, 0.6) is 0 Å². The molecule has 0 amide bonds. The second-order valence-corrected chi connectivity index (χ2v) is 0.371. The van der Waals surface area contributed by atoms with Gasteiger partial charge in [0.05, 0.1) is 0 Å². The maximum Gasteiger partial charge on any atom is 3.00 e. The molecule has 0 heterocycles. The predicted molar refractivity (Wildman–Crippen MR) is 7.97 cm³/mol. The van der Waals surface area contributed by atoms with Gasteiger partial charge in [0.2, 0.25) is 0 Å². The standard InChI is InChI=1S/F2Ge.3FH.Y/c1-3-2;;;;/h;3*1H;/q;;;;+3/p-3. The van der Waals surface area contributed by atoms with Crippen LogP contribution < -0.4 is 14.1 Å². The first-order valence-corrected chi connectivity index (χ1v) is 1.96. The number of hydrogen-bond acceptors (Lipinski definition) is 0. The fourth-order valence-electron chi connectivity index (χ4n) is 0. The van der Waals surface area contributed by atoms with Gasteiger partial charge in [0.1, 0.15) is 0 Å². The van der Waals surface area contributed by atoms with Crippen LogP contribution in [0.3, 0.4) is 0 Å². The average molecular weight is 257 g/mol. The normalized spacial score (nSPS) is 2.57. The van der Waals surface area contributed by atoms with Gasteiger partial charge in [0.25, 0.3) is 0 Å². The largest absolute Gasteiger partial charge is 3.00 e. The van der Waals surface area contributed by atoms with E-state index in [-0.39, 0.29) is 46.8 Å². The minimum absolute atomic E-state index is 0. The van der Waals surface area contributed by atoms with Crippen LogP contribution >= 0.6 is 0 Å². The fraction of sp³-hybridized carbons (Fsp3) is 0. The Morgan fingerprint density at radius 2 is 0.857 bits per heavy atom. The minimum atomic E-state index is -2.50. The molecule has 0 saturated carbocycles. The molecule has 0 bridgehead atoms. The molecule has 0 aliphatic heterocycles. The quantitative estimate of drug-likeness (QED) is 0.298. The van der Waals surface area contributed by atoms with E-state index in [9.17, 15) is 7.00 Å². The Morgan fingerprint density at radius 3 is 0.857 bits per heavy atom. The minimum Gasteiger partial charge on any atom is 3.00 e. The fourth-order valence-corrected chi connectivity index (χ4v) is 0. The van der Waals surface area contributed by atoms with Crippen LogP contribution in [-0.2, 0) is 32.7 Å². The van der Waals surface area contributed by atoms with Gasteiger partial charge in [-0.05, 0) is 0 Å². The van der Waals surface area contributed by atoms with E-state index in [1.807, 2.05) is 0 Å². The molecule has 7 heteroatoms. The molecular formula is F5GeY. The van der Waals surface area contributed by atoms with E-state index >= 15 is 0 Å². The molecule has 0 aromatic heterocycles. The Hall–Kier alpha value is 1.30. The third-order valence-corrected chi connectivity index (χ3v) is 0. The Balaban J connectivity index is -0.00000000333. The van der Waals surface area contributed by atoms with E-state index in [4.69, 9.17) is 0 Å². The summed E-state index contributed by atoms with van der Waals surface area (Å²) < 4.78 is 19.5. The summed E-state index contributed by atoms with van der Waals surface area (Å²) in [5.74, 6) is 0. The summed E-state index contributed by atoms with van der Waals surface area (Å²) in [7, 11) is 0. The van der Waals surface area contributed by atoms with E-state index in [2.05, 4.69) is 0 Å². The van der Waals surface area contributed by atoms with Gasteiger partial charge in [-0.25, -0.2) is 0 Å². The molecule has 0 aromatic rings. The van der Waals surface area contributed by atoms with E-state index in [0.29, 0.717) is 0 Å². The van der Waals surface area contributed by atoms with E-state index in [0.717, 1.165) is 0 Å². The second kappa shape index (κ2) is 54.8. The molecule has 0 saturated heterocycles. The zero-order chi connectivity index (χ0) is 2.71. The molecule has 0 unspecified atom stereocenters. The topological polar surface area (TPSA) is 0 Å². The van der Waals surface area contributed by atoms with Crippen LogP contribution in [0.1, 0.15) is 0 Å². The monoisotopic (exact) mass is 258 g/mol. The summed E-state index contributed by atoms with van der Waals surface area (Å²) in [5.41, 5.74) is 0. The number of rotatable bonds is 0. The zero-order valence-electron chi connectivity index (χ0n) is 2.97. The molecule has 2 radical (unpaired) electrons. The Kier molecular flexibility index (Phi) is 318. The molecule has 0 aliphatic carbocycles. The molecule has 42 valence electrons. The summed E-state index contributed by atoms with van der Waals surface area (Å²) in [4.78, 5) is 0. The molecule has 0 spiro atoms. The van der Waals surface area contributed by atoms with Crippen LogP contribution in [-0.4, -0.2) is 16.4 Å². The van der Waals surface area contributed by atoms with Gasteiger partial charge in [-0.15, -0.1) is 0 Å². The van der Waals surface area contributed by atoms with Crippen molar-refractivity contribution >= 4 is 16.4 Å². The van der Waals surface area contributed by atoms with Gasteiger partial charge >= 0.3 is 56.1 Å². The number of hydrogen-bond donors (Lipinski definition) is 0. The van der Waals surface area contributed by atoms with Gasteiger partial charge < -0.3 is 14.1 Å². The number of halogens is 5. The summed E-state index contributed by atoms with van der Waals surface area (Å²) in [6.07, 6.45) is 0. The van der Waals surface area contributed by atoms with Crippen LogP contribution in [0.4, 0.5) is 7.00 Å². The van der Waals surface area contributed by atoms with Crippen molar-refractivity contribution < 1.29 is 53.8 Å². The van der Waals surface area contributed by atoms with Crippen molar-refractivity contribution in [2.45, 2.75) is 0 Å². The van der Waals surface area contributed by atoms with E-state index in [1.165, 1.54) is 0 Å². The van der Waals surface area contributed by atoms with Gasteiger partial charge in [-0.1, -0.05) is 0 Å². The molecule has 0 nitrogen and oxygen atoms in total. The summed E-state index contributed by atoms with van der Waals surface area (Å²) >= 11 is -2.50. The first-order chi connectivity index (χ1) is 1.41. The molecule has 0 rings (SSSR count). The summed E-state index contributed by atoms with van der Waals surface area (Å²) in [6.45, 7) is 0. The molecule has 0 atom stereocenters. The summed E-state index contributed by atoms with van der Waals surface area (Å²) in [6, 6.07) is 0. The Bertz CT molecular complexity index is 8.04. The smallest absolute Gasteiger partial charge is 3.00 e. The van der Waals surface area contributed by atoms with Gasteiger partial charge in [0.15, 0.2) is 0 Å². The van der Waals surface area contributed by atoms with Crippen molar-refractivity contribution in [2.75, 3.05) is 0 Å². The SMILES string of the molecule is [F-].[F-].[F-].[F][Ge][F].[Y+3]. The molecular weight excluding hydrogens is 257 g/mol. The zero-order valence-corrected chi connectivity index (χ0v) is 7.90. The van der Waals surface area contributed by atoms with Crippen LogP contribution in [0, 0.1) is 0 Å². The molecule has 0 aliphatic rings. The first kappa shape index (κ1) is 40.6. The molecule has 0 fully saturated rings. The van der Waals surface area contributed by atoms with E-state index < -0.39 is 16.4 Å². The van der Waals surface area contributed by atoms with Gasteiger partial charge in [0, 0.05) is 0 Å². The Labute approximate surface area is 69.8 Å². The third-order valence-electron chi connectivity index (χ3n) is 0. The van der Waals surface area contributed by atoms with Gasteiger partial charge in [-0.3, -0.25) is 0 Å². The van der Waals surface area contributed by atoms with Crippen LogP contribution in [0.15, 0.2) is 0 Å². The predicted octanol–water partition coefficient (Wildman–Crippen LogP) is -8.53. The van der Waals surface area contributed by atoms with Crippen LogP contribution in [0.25, 0.3) is 0 Å². The van der Waals surface area contributed by atoms with Crippen molar-refractivity contribution in [2.24, 2.45) is 0 Å².